The first-order valence-corrected chi connectivity index (χ1v) is 8.43. The molecule has 0 bridgehead atoms. The molecule has 0 fully saturated rings. The summed E-state index contributed by atoms with van der Waals surface area (Å²) in [7, 11) is 0. The van der Waals surface area contributed by atoms with Crippen LogP contribution >= 0.6 is 22.9 Å². The molecule has 0 saturated carbocycles. The second kappa shape index (κ2) is 7.55. The Morgan fingerprint density at radius 1 is 1.16 bits per heavy atom. The fourth-order valence-electron chi connectivity index (χ4n) is 2.06. The van der Waals surface area contributed by atoms with Gasteiger partial charge in [0, 0.05) is 22.6 Å². The van der Waals surface area contributed by atoms with E-state index in [0.717, 1.165) is 5.56 Å². The van der Waals surface area contributed by atoms with E-state index in [9.17, 15) is 13.6 Å². The maximum Gasteiger partial charge on any atom is 0.250 e. The molecule has 2 aromatic carbocycles. The maximum atomic E-state index is 13.6. The average molecular weight is 377 g/mol. The molecular formula is C18H11ClF2N2OS. The van der Waals surface area contributed by atoms with Gasteiger partial charge in [0.15, 0.2) is 5.13 Å². The van der Waals surface area contributed by atoms with Crippen molar-refractivity contribution in [3.8, 4) is 11.3 Å². The van der Waals surface area contributed by atoms with Gasteiger partial charge in [-0.05, 0) is 42.5 Å². The van der Waals surface area contributed by atoms with E-state index in [1.807, 2.05) is 0 Å². The van der Waals surface area contributed by atoms with Crippen molar-refractivity contribution in [2.24, 2.45) is 0 Å². The van der Waals surface area contributed by atoms with Gasteiger partial charge in [-0.2, -0.15) is 0 Å². The van der Waals surface area contributed by atoms with Crippen LogP contribution in [0.3, 0.4) is 0 Å². The molecule has 0 spiro atoms. The highest BCUT2D eigenvalue weighted by molar-refractivity contribution is 7.14. The normalized spacial score (nSPS) is 11.0. The first-order valence-electron chi connectivity index (χ1n) is 7.17. The molecule has 1 amide bonds. The summed E-state index contributed by atoms with van der Waals surface area (Å²) in [4.78, 5) is 16.2. The van der Waals surface area contributed by atoms with Crippen molar-refractivity contribution in [1.82, 2.24) is 4.98 Å². The molecule has 3 nitrogen and oxygen atoms in total. The Morgan fingerprint density at radius 2 is 1.92 bits per heavy atom. The monoisotopic (exact) mass is 376 g/mol. The first kappa shape index (κ1) is 17.3. The summed E-state index contributed by atoms with van der Waals surface area (Å²) in [6.07, 6.45) is 2.49. The Hall–Kier alpha value is -2.57. The molecule has 0 radical (unpaired) electrons. The number of rotatable bonds is 4. The first-order chi connectivity index (χ1) is 12.0. The summed E-state index contributed by atoms with van der Waals surface area (Å²) >= 11 is 7.13. The van der Waals surface area contributed by atoms with Gasteiger partial charge in [-0.15, -0.1) is 11.3 Å². The number of halogens is 3. The van der Waals surface area contributed by atoms with Gasteiger partial charge in [0.2, 0.25) is 5.91 Å². The number of nitrogens with zero attached hydrogens (tertiary/aromatic N) is 1. The van der Waals surface area contributed by atoms with E-state index in [-0.39, 0.29) is 16.4 Å². The van der Waals surface area contributed by atoms with Gasteiger partial charge in [-0.1, -0.05) is 17.7 Å². The highest BCUT2D eigenvalue weighted by Crippen LogP contribution is 2.25. The molecule has 0 saturated heterocycles. The van der Waals surface area contributed by atoms with Crippen LogP contribution in [0.15, 0.2) is 53.9 Å². The molecule has 0 atom stereocenters. The zero-order valence-corrected chi connectivity index (χ0v) is 14.2. The average Bonchev–Trinajstić information content (AvgIpc) is 3.03. The number of nitrogens with one attached hydrogen (secondary N) is 1. The van der Waals surface area contributed by atoms with E-state index in [0.29, 0.717) is 10.8 Å². The SMILES string of the molecule is O=C(/C=C/c1c(F)cccc1Cl)Nc1nc(-c2ccc(F)cc2)cs1. The molecule has 126 valence electrons. The smallest absolute Gasteiger partial charge is 0.250 e. The molecule has 0 aliphatic rings. The third-order valence-electron chi connectivity index (χ3n) is 3.28. The highest BCUT2D eigenvalue weighted by atomic mass is 35.5. The van der Waals surface area contributed by atoms with Crippen molar-refractivity contribution in [3.63, 3.8) is 0 Å². The highest BCUT2D eigenvalue weighted by Gasteiger charge is 2.08. The van der Waals surface area contributed by atoms with Crippen LogP contribution in [0.25, 0.3) is 17.3 Å². The van der Waals surface area contributed by atoms with E-state index in [2.05, 4.69) is 10.3 Å². The molecule has 1 N–H and O–H groups in total. The van der Waals surface area contributed by atoms with Crippen LogP contribution in [0.5, 0.6) is 0 Å². The summed E-state index contributed by atoms with van der Waals surface area (Å²) < 4.78 is 26.6. The summed E-state index contributed by atoms with van der Waals surface area (Å²) in [5.74, 6) is -1.30. The second-order valence-electron chi connectivity index (χ2n) is 5.00. The fraction of sp³-hybridized carbons (Fsp3) is 0. The predicted octanol–water partition coefficient (Wildman–Crippen LogP) is 5.39. The minimum atomic E-state index is -0.510. The van der Waals surface area contributed by atoms with Crippen molar-refractivity contribution in [3.05, 3.63) is 76.1 Å². The van der Waals surface area contributed by atoms with Gasteiger partial charge < -0.3 is 0 Å². The molecule has 0 aliphatic carbocycles. The molecule has 1 aromatic heterocycles. The molecule has 3 rings (SSSR count). The molecule has 7 heteroatoms. The summed E-state index contributed by atoms with van der Waals surface area (Å²) in [5.41, 5.74) is 1.51. The summed E-state index contributed by atoms with van der Waals surface area (Å²) in [6, 6.07) is 10.2. The van der Waals surface area contributed by atoms with Crippen LogP contribution in [0, 0.1) is 11.6 Å². The molecular weight excluding hydrogens is 366 g/mol. The Morgan fingerprint density at radius 3 is 2.64 bits per heavy atom. The largest absolute Gasteiger partial charge is 0.298 e. The number of carbonyl (C=O) groups is 1. The van der Waals surface area contributed by atoms with E-state index in [4.69, 9.17) is 11.6 Å². The molecule has 1 heterocycles. The zero-order chi connectivity index (χ0) is 17.8. The summed E-state index contributed by atoms with van der Waals surface area (Å²) in [6.45, 7) is 0. The standard InChI is InChI=1S/C18H11ClF2N2OS/c19-14-2-1-3-15(21)13(14)8-9-17(24)23-18-22-16(10-25-18)11-4-6-12(20)7-5-11/h1-10H,(H,22,23,24)/b9-8+. The topological polar surface area (TPSA) is 42.0 Å². The van der Waals surface area contributed by atoms with Crippen molar-refractivity contribution in [1.29, 1.82) is 0 Å². The summed E-state index contributed by atoms with van der Waals surface area (Å²) in [5, 5.41) is 4.95. The fourth-order valence-corrected chi connectivity index (χ4v) is 3.01. The lowest BCUT2D eigenvalue weighted by Gasteiger charge is -2.00. The van der Waals surface area contributed by atoms with E-state index in [1.165, 1.54) is 53.8 Å². The lowest BCUT2D eigenvalue weighted by Crippen LogP contribution is -2.07. The van der Waals surface area contributed by atoms with E-state index < -0.39 is 11.7 Å². The Bertz CT molecular complexity index is 918. The molecule has 25 heavy (non-hydrogen) atoms. The Labute approximate surface area is 151 Å². The quantitative estimate of drug-likeness (QED) is 0.620. The van der Waals surface area contributed by atoms with Gasteiger partial charge in [-0.3, -0.25) is 10.1 Å². The number of benzene rings is 2. The third kappa shape index (κ3) is 4.29. The number of amides is 1. The molecule has 0 aliphatic heterocycles. The number of aromatic nitrogens is 1. The number of carbonyl (C=O) groups excluding carboxylic acids is 1. The Kier molecular flexibility index (Phi) is 5.21. The van der Waals surface area contributed by atoms with Gasteiger partial charge in [-0.25, -0.2) is 13.8 Å². The third-order valence-corrected chi connectivity index (χ3v) is 4.36. The molecule has 3 aromatic rings. The van der Waals surface area contributed by atoms with Crippen LogP contribution < -0.4 is 5.32 Å². The number of hydrogen-bond donors (Lipinski definition) is 1. The number of anilines is 1. The van der Waals surface area contributed by atoms with Crippen LogP contribution in [-0.4, -0.2) is 10.9 Å². The Balaban J connectivity index is 1.69. The van der Waals surface area contributed by atoms with Crippen LogP contribution in [-0.2, 0) is 4.79 Å². The number of thiazole rings is 1. The van der Waals surface area contributed by atoms with E-state index in [1.54, 1.807) is 17.5 Å². The number of hydrogen-bond acceptors (Lipinski definition) is 3. The van der Waals surface area contributed by atoms with Gasteiger partial charge in [0.25, 0.3) is 0 Å². The maximum absolute atomic E-state index is 13.6. The van der Waals surface area contributed by atoms with E-state index >= 15 is 0 Å². The zero-order valence-electron chi connectivity index (χ0n) is 12.7. The van der Waals surface area contributed by atoms with Crippen molar-refractivity contribution >= 4 is 40.1 Å². The second-order valence-corrected chi connectivity index (χ2v) is 6.27. The van der Waals surface area contributed by atoms with Gasteiger partial charge >= 0.3 is 0 Å². The van der Waals surface area contributed by atoms with Gasteiger partial charge in [0.1, 0.15) is 11.6 Å². The minimum absolute atomic E-state index is 0.144. The minimum Gasteiger partial charge on any atom is -0.298 e. The van der Waals surface area contributed by atoms with Crippen molar-refractivity contribution < 1.29 is 13.6 Å². The lowest BCUT2D eigenvalue weighted by molar-refractivity contribution is -0.111. The van der Waals surface area contributed by atoms with Crippen LogP contribution in [0.4, 0.5) is 13.9 Å². The van der Waals surface area contributed by atoms with Crippen molar-refractivity contribution in [2.75, 3.05) is 5.32 Å². The lowest BCUT2D eigenvalue weighted by atomic mass is 10.2. The predicted molar refractivity (Wildman–Crippen MR) is 96.6 cm³/mol. The van der Waals surface area contributed by atoms with Crippen LogP contribution in [0.2, 0.25) is 5.02 Å². The van der Waals surface area contributed by atoms with Crippen molar-refractivity contribution in [2.45, 2.75) is 0 Å². The molecule has 0 unspecified atom stereocenters. The van der Waals surface area contributed by atoms with Gasteiger partial charge in [0.05, 0.1) is 10.7 Å². The van der Waals surface area contributed by atoms with Crippen LogP contribution in [0.1, 0.15) is 5.56 Å².